The third-order valence-electron chi connectivity index (χ3n) is 2.79. The predicted octanol–water partition coefficient (Wildman–Crippen LogP) is 3.10. The van der Waals surface area contributed by atoms with E-state index in [2.05, 4.69) is 22.5 Å². The summed E-state index contributed by atoms with van der Waals surface area (Å²) in [6, 6.07) is 8.02. The molecular formula is C15H23F2N3. The van der Waals surface area contributed by atoms with E-state index in [1.54, 1.807) is 0 Å². The Kier molecular flexibility index (Phi) is 7.62. The fraction of sp³-hybridized carbons (Fsp3) is 0.533. The van der Waals surface area contributed by atoms with Gasteiger partial charge in [-0.2, -0.15) is 0 Å². The lowest BCUT2D eigenvalue weighted by Crippen LogP contribution is -2.40. The van der Waals surface area contributed by atoms with Crippen LogP contribution < -0.4 is 10.6 Å². The van der Waals surface area contributed by atoms with E-state index in [4.69, 9.17) is 0 Å². The van der Waals surface area contributed by atoms with E-state index in [0.717, 1.165) is 24.9 Å². The zero-order valence-corrected chi connectivity index (χ0v) is 12.1. The first-order chi connectivity index (χ1) is 9.61. The van der Waals surface area contributed by atoms with Crippen molar-refractivity contribution in [2.75, 3.05) is 13.1 Å². The highest BCUT2D eigenvalue weighted by Crippen LogP contribution is 2.04. The third kappa shape index (κ3) is 7.07. The number of guanidine groups is 1. The van der Waals surface area contributed by atoms with Crippen LogP contribution in [0.1, 0.15) is 30.9 Å². The number of unbranched alkanes of at least 4 members (excludes halogenated alkanes) is 1. The van der Waals surface area contributed by atoms with Crippen LogP contribution in [0.2, 0.25) is 0 Å². The largest absolute Gasteiger partial charge is 0.356 e. The lowest BCUT2D eigenvalue weighted by molar-refractivity contribution is 0.152. The molecule has 1 aromatic carbocycles. The van der Waals surface area contributed by atoms with Crippen LogP contribution in [0.4, 0.5) is 8.78 Å². The van der Waals surface area contributed by atoms with Crippen molar-refractivity contribution in [2.24, 2.45) is 4.99 Å². The van der Waals surface area contributed by atoms with Crippen LogP contribution in [0.5, 0.6) is 0 Å². The average Bonchev–Trinajstić information content (AvgIpc) is 2.43. The van der Waals surface area contributed by atoms with Crippen LogP contribution in [0.25, 0.3) is 0 Å². The Labute approximate surface area is 119 Å². The van der Waals surface area contributed by atoms with Gasteiger partial charge < -0.3 is 10.6 Å². The molecule has 0 unspecified atom stereocenters. The highest BCUT2D eigenvalue weighted by Gasteiger charge is 2.04. The maximum atomic E-state index is 12.2. The van der Waals surface area contributed by atoms with Gasteiger partial charge >= 0.3 is 0 Å². The molecule has 0 aliphatic rings. The summed E-state index contributed by atoms with van der Waals surface area (Å²) in [7, 11) is 0. The summed E-state index contributed by atoms with van der Waals surface area (Å²) >= 11 is 0. The molecule has 0 bridgehead atoms. The Morgan fingerprint density at radius 2 is 1.90 bits per heavy atom. The summed E-state index contributed by atoms with van der Waals surface area (Å²) in [5, 5.41) is 5.71. The van der Waals surface area contributed by atoms with Gasteiger partial charge in [0.15, 0.2) is 5.96 Å². The molecule has 0 spiro atoms. The molecule has 0 aliphatic carbocycles. The van der Waals surface area contributed by atoms with Crippen molar-refractivity contribution >= 4 is 5.96 Å². The van der Waals surface area contributed by atoms with Gasteiger partial charge in [-0.05, 0) is 18.9 Å². The molecule has 3 nitrogen and oxygen atoms in total. The zero-order valence-electron chi connectivity index (χ0n) is 12.1. The van der Waals surface area contributed by atoms with Crippen molar-refractivity contribution in [3.63, 3.8) is 0 Å². The fourth-order valence-electron chi connectivity index (χ4n) is 1.60. The van der Waals surface area contributed by atoms with E-state index in [1.165, 1.54) is 5.56 Å². The predicted molar refractivity (Wildman–Crippen MR) is 79.2 cm³/mol. The Morgan fingerprint density at radius 1 is 1.20 bits per heavy atom. The number of aryl methyl sites for hydroxylation is 1. The van der Waals surface area contributed by atoms with Crippen molar-refractivity contribution in [3.05, 3.63) is 35.4 Å². The molecule has 0 amide bonds. The van der Waals surface area contributed by atoms with Crippen molar-refractivity contribution in [2.45, 2.75) is 39.7 Å². The molecule has 1 rings (SSSR count). The van der Waals surface area contributed by atoms with Gasteiger partial charge in [0.1, 0.15) is 0 Å². The molecular weight excluding hydrogens is 260 g/mol. The minimum Gasteiger partial charge on any atom is -0.356 e. The van der Waals surface area contributed by atoms with Gasteiger partial charge in [-0.1, -0.05) is 43.2 Å². The van der Waals surface area contributed by atoms with Crippen LogP contribution in [-0.4, -0.2) is 25.5 Å². The standard InChI is InChI=1S/C15H23F2N3/c1-3-4-9-18-15(20-11-14(16)17)19-10-13-7-5-12(2)6-8-13/h5-8,14H,3-4,9-11H2,1-2H3,(H2,18,19,20). The first-order valence-electron chi connectivity index (χ1n) is 6.97. The first kappa shape index (κ1) is 16.4. The summed E-state index contributed by atoms with van der Waals surface area (Å²) in [4.78, 5) is 4.33. The van der Waals surface area contributed by atoms with Gasteiger partial charge in [-0.15, -0.1) is 0 Å². The maximum Gasteiger partial charge on any atom is 0.255 e. The van der Waals surface area contributed by atoms with E-state index < -0.39 is 6.43 Å². The third-order valence-corrected chi connectivity index (χ3v) is 2.79. The Bertz CT molecular complexity index is 402. The Balaban J connectivity index is 2.55. The topological polar surface area (TPSA) is 36.4 Å². The van der Waals surface area contributed by atoms with Crippen LogP contribution in [0, 0.1) is 6.92 Å². The molecule has 0 aliphatic heterocycles. The molecule has 0 saturated heterocycles. The van der Waals surface area contributed by atoms with Crippen molar-refractivity contribution in [1.29, 1.82) is 0 Å². The van der Waals surface area contributed by atoms with E-state index in [0.29, 0.717) is 12.5 Å². The van der Waals surface area contributed by atoms with Crippen molar-refractivity contribution < 1.29 is 8.78 Å². The molecule has 112 valence electrons. The number of hydrogen-bond acceptors (Lipinski definition) is 1. The molecule has 0 atom stereocenters. The monoisotopic (exact) mass is 283 g/mol. The van der Waals surface area contributed by atoms with Gasteiger partial charge in [0.2, 0.25) is 0 Å². The number of hydrogen-bond donors (Lipinski definition) is 2. The summed E-state index contributed by atoms with van der Waals surface area (Å²) in [6.07, 6.45) is -0.347. The van der Waals surface area contributed by atoms with Crippen molar-refractivity contribution in [3.8, 4) is 0 Å². The molecule has 0 heterocycles. The van der Waals surface area contributed by atoms with Crippen molar-refractivity contribution in [1.82, 2.24) is 10.6 Å². The molecule has 20 heavy (non-hydrogen) atoms. The SMILES string of the molecule is CCCCNC(=NCc1ccc(C)cc1)NCC(F)F. The molecule has 2 N–H and O–H groups in total. The number of rotatable bonds is 7. The number of nitrogens with zero attached hydrogens (tertiary/aromatic N) is 1. The zero-order chi connectivity index (χ0) is 14.8. The average molecular weight is 283 g/mol. The minimum absolute atomic E-state index is 0.383. The Morgan fingerprint density at radius 3 is 2.50 bits per heavy atom. The second kappa shape index (κ2) is 9.28. The quantitative estimate of drug-likeness (QED) is 0.458. The highest BCUT2D eigenvalue weighted by molar-refractivity contribution is 5.79. The number of alkyl halides is 2. The van der Waals surface area contributed by atoms with E-state index in [9.17, 15) is 8.78 Å². The second-order valence-electron chi connectivity index (χ2n) is 4.70. The van der Waals surface area contributed by atoms with Crippen LogP contribution in [0.3, 0.4) is 0 Å². The molecule has 0 saturated carbocycles. The molecule has 0 radical (unpaired) electrons. The van der Waals surface area contributed by atoms with E-state index in [1.807, 2.05) is 31.2 Å². The smallest absolute Gasteiger partial charge is 0.255 e. The summed E-state index contributed by atoms with van der Waals surface area (Å²) < 4.78 is 24.5. The Hall–Kier alpha value is -1.65. The van der Waals surface area contributed by atoms with E-state index in [-0.39, 0.29) is 6.54 Å². The van der Waals surface area contributed by atoms with Crippen LogP contribution in [-0.2, 0) is 6.54 Å². The van der Waals surface area contributed by atoms with Gasteiger partial charge in [0.25, 0.3) is 6.43 Å². The molecule has 0 aromatic heterocycles. The minimum atomic E-state index is -2.38. The van der Waals surface area contributed by atoms with Crippen LogP contribution in [0.15, 0.2) is 29.3 Å². The normalized spacial score (nSPS) is 11.8. The second-order valence-corrected chi connectivity index (χ2v) is 4.70. The van der Waals surface area contributed by atoms with Crippen LogP contribution >= 0.6 is 0 Å². The lowest BCUT2D eigenvalue weighted by Gasteiger charge is -2.12. The molecule has 0 fully saturated rings. The first-order valence-corrected chi connectivity index (χ1v) is 6.97. The maximum absolute atomic E-state index is 12.2. The summed E-state index contributed by atoms with van der Waals surface area (Å²) in [5.41, 5.74) is 2.25. The fourth-order valence-corrected chi connectivity index (χ4v) is 1.60. The summed E-state index contributed by atoms with van der Waals surface area (Å²) in [5.74, 6) is 0.444. The number of halogens is 2. The number of nitrogens with one attached hydrogen (secondary N) is 2. The van der Waals surface area contributed by atoms with E-state index >= 15 is 0 Å². The highest BCUT2D eigenvalue weighted by atomic mass is 19.3. The van der Waals surface area contributed by atoms with Gasteiger partial charge in [-0.3, -0.25) is 0 Å². The number of benzene rings is 1. The number of aliphatic imine (C=N–C) groups is 1. The molecule has 5 heteroatoms. The van der Waals surface area contributed by atoms with Gasteiger partial charge in [-0.25, -0.2) is 13.8 Å². The lowest BCUT2D eigenvalue weighted by atomic mass is 10.1. The van der Waals surface area contributed by atoms with Gasteiger partial charge in [0, 0.05) is 6.54 Å². The van der Waals surface area contributed by atoms with Gasteiger partial charge in [0.05, 0.1) is 13.1 Å². The summed E-state index contributed by atoms with van der Waals surface area (Å²) in [6.45, 7) is 4.93. The molecule has 1 aromatic rings.